The van der Waals surface area contributed by atoms with E-state index in [0.717, 1.165) is 0 Å². The molecule has 0 atom stereocenters. The lowest BCUT2D eigenvalue weighted by Crippen LogP contribution is -2.37. The third-order valence-electron chi connectivity index (χ3n) is 1.84. The van der Waals surface area contributed by atoms with Gasteiger partial charge < -0.3 is 5.11 Å². The topological polar surface area (TPSA) is 66.4 Å². The second kappa shape index (κ2) is 5.95. The third kappa shape index (κ3) is 6.64. The van der Waals surface area contributed by atoms with Crippen molar-refractivity contribution >= 4 is 21.8 Å². The molecule has 0 aromatic carbocycles. The Kier molecular flexibility index (Phi) is 6.04. The van der Waals surface area contributed by atoms with Crippen LogP contribution in [0.5, 0.6) is 0 Å². The molecule has 6 heteroatoms. The number of hydrogen-bond acceptors (Lipinski definition) is 4. The number of aliphatic hydroxyl groups excluding tert-OH is 1. The van der Waals surface area contributed by atoms with Gasteiger partial charge in [-0.05, 0) is 26.5 Å². The molecular formula is C8H19NO3S2. The van der Waals surface area contributed by atoms with Gasteiger partial charge in [-0.15, -0.1) is 0 Å². The molecule has 0 fully saturated rings. The van der Waals surface area contributed by atoms with Crippen LogP contribution in [0.25, 0.3) is 0 Å². The minimum atomic E-state index is -3.21. The molecule has 0 aliphatic rings. The van der Waals surface area contributed by atoms with E-state index >= 15 is 0 Å². The summed E-state index contributed by atoms with van der Waals surface area (Å²) in [5.41, 5.74) is 0. The molecule has 0 aromatic heterocycles. The van der Waals surface area contributed by atoms with Gasteiger partial charge in [0.2, 0.25) is 10.0 Å². The lowest BCUT2D eigenvalue weighted by atomic mass is 10.2. The highest BCUT2D eigenvalue weighted by molar-refractivity contribution is 8.00. The first-order valence-electron chi connectivity index (χ1n) is 4.46. The molecular weight excluding hydrogens is 222 g/mol. The van der Waals surface area contributed by atoms with Crippen LogP contribution in [0.15, 0.2) is 0 Å². The van der Waals surface area contributed by atoms with E-state index in [1.807, 2.05) is 20.1 Å². The fraction of sp³-hybridized carbons (Fsp3) is 1.00. The smallest absolute Gasteiger partial charge is 0.211 e. The lowest BCUT2D eigenvalue weighted by molar-refractivity contribution is 0.295. The molecule has 4 nitrogen and oxygen atoms in total. The second-order valence-corrected chi connectivity index (χ2v) is 7.12. The van der Waals surface area contributed by atoms with Crippen LogP contribution in [0.4, 0.5) is 0 Å². The van der Waals surface area contributed by atoms with Crippen molar-refractivity contribution in [3.8, 4) is 0 Å². The SMILES string of the molecule is CSC(C)(C)CNS(=O)(=O)CCCO. The summed E-state index contributed by atoms with van der Waals surface area (Å²) in [6.07, 6.45) is 2.23. The Morgan fingerprint density at radius 1 is 1.43 bits per heavy atom. The first-order valence-corrected chi connectivity index (χ1v) is 7.34. The quantitative estimate of drug-likeness (QED) is 0.678. The largest absolute Gasteiger partial charge is 0.396 e. The van der Waals surface area contributed by atoms with Gasteiger partial charge in [0, 0.05) is 17.9 Å². The van der Waals surface area contributed by atoms with Gasteiger partial charge in [-0.1, -0.05) is 0 Å². The van der Waals surface area contributed by atoms with Crippen LogP contribution >= 0.6 is 11.8 Å². The van der Waals surface area contributed by atoms with E-state index in [1.165, 1.54) is 0 Å². The second-order valence-electron chi connectivity index (χ2n) is 3.68. The summed E-state index contributed by atoms with van der Waals surface area (Å²) in [5, 5.41) is 8.51. The summed E-state index contributed by atoms with van der Waals surface area (Å²) in [5.74, 6) is -0.00599. The highest BCUT2D eigenvalue weighted by atomic mass is 32.2. The van der Waals surface area contributed by atoms with Crippen molar-refractivity contribution in [1.82, 2.24) is 4.72 Å². The molecule has 0 bridgehead atoms. The molecule has 0 saturated heterocycles. The van der Waals surface area contributed by atoms with Crippen LogP contribution in [-0.2, 0) is 10.0 Å². The van der Waals surface area contributed by atoms with E-state index in [0.29, 0.717) is 6.54 Å². The van der Waals surface area contributed by atoms with E-state index in [1.54, 1.807) is 11.8 Å². The zero-order valence-electron chi connectivity index (χ0n) is 8.91. The maximum absolute atomic E-state index is 11.3. The van der Waals surface area contributed by atoms with Gasteiger partial charge in [0.1, 0.15) is 0 Å². The third-order valence-corrected chi connectivity index (χ3v) is 4.50. The molecule has 0 radical (unpaired) electrons. The lowest BCUT2D eigenvalue weighted by Gasteiger charge is -2.22. The highest BCUT2D eigenvalue weighted by Crippen LogP contribution is 2.19. The fourth-order valence-electron chi connectivity index (χ4n) is 0.683. The number of nitrogens with one attached hydrogen (secondary N) is 1. The van der Waals surface area contributed by atoms with Crippen molar-refractivity contribution in [2.24, 2.45) is 0 Å². The molecule has 2 N–H and O–H groups in total. The fourth-order valence-corrected chi connectivity index (χ4v) is 2.22. The van der Waals surface area contributed by atoms with Crippen molar-refractivity contribution in [2.75, 3.05) is 25.2 Å². The summed E-state index contributed by atoms with van der Waals surface area (Å²) in [6.45, 7) is 4.28. The van der Waals surface area contributed by atoms with Crippen LogP contribution in [0, 0.1) is 0 Å². The number of aliphatic hydroxyl groups is 1. The summed E-state index contributed by atoms with van der Waals surface area (Å²) in [4.78, 5) is 0. The Balaban J connectivity index is 4.00. The van der Waals surface area contributed by atoms with Gasteiger partial charge in [0.05, 0.1) is 5.75 Å². The van der Waals surface area contributed by atoms with Gasteiger partial charge in [-0.2, -0.15) is 11.8 Å². The molecule has 14 heavy (non-hydrogen) atoms. The molecule has 0 aliphatic heterocycles. The summed E-state index contributed by atoms with van der Waals surface area (Å²) < 4.78 is 25.1. The number of sulfonamides is 1. The summed E-state index contributed by atoms with van der Waals surface area (Å²) >= 11 is 1.62. The molecule has 0 aromatic rings. The Labute approximate surface area is 90.5 Å². The molecule has 0 unspecified atom stereocenters. The Morgan fingerprint density at radius 3 is 2.43 bits per heavy atom. The van der Waals surface area contributed by atoms with Gasteiger partial charge >= 0.3 is 0 Å². The molecule has 0 heterocycles. The normalized spacial score (nSPS) is 13.1. The molecule has 0 spiro atoms. The Morgan fingerprint density at radius 2 is 2.00 bits per heavy atom. The first kappa shape index (κ1) is 14.2. The van der Waals surface area contributed by atoms with Gasteiger partial charge in [0.25, 0.3) is 0 Å². The minimum absolute atomic E-state index is 0.00599. The Hall–Kier alpha value is 0.220. The summed E-state index contributed by atoms with van der Waals surface area (Å²) in [7, 11) is -3.21. The van der Waals surface area contributed by atoms with Crippen LogP contribution in [-0.4, -0.2) is 43.4 Å². The first-order chi connectivity index (χ1) is 6.33. The van der Waals surface area contributed by atoms with Crippen molar-refractivity contribution in [1.29, 1.82) is 0 Å². The predicted octanol–water partition coefficient (Wildman–Crippen LogP) is 0.430. The van der Waals surface area contributed by atoms with Crippen molar-refractivity contribution < 1.29 is 13.5 Å². The molecule has 0 amide bonds. The van der Waals surface area contributed by atoms with Crippen molar-refractivity contribution in [2.45, 2.75) is 25.0 Å². The molecule has 0 saturated carbocycles. The van der Waals surface area contributed by atoms with E-state index in [4.69, 9.17) is 5.11 Å². The minimum Gasteiger partial charge on any atom is -0.396 e. The van der Waals surface area contributed by atoms with Crippen molar-refractivity contribution in [3.05, 3.63) is 0 Å². The molecule has 0 rings (SSSR count). The van der Waals surface area contributed by atoms with E-state index in [2.05, 4.69) is 4.72 Å². The van der Waals surface area contributed by atoms with E-state index in [9.17, 15) is 8.42 Å². The average molecular weight is 241 g/mol. The highest BCUT2D eigenvalue weighted by Gasteiger charge is 2.19. The van der Waals surface area contributed by atoms with E-state index in [-0.39, 0.29) is 23.5 Å². The van der Waals surface area contributed by atoms with Crippen LogP contribution < -0.4 is 4.72 Å². The number of rotatable bonds is 7. The standard InChI is InChI=1S/C8H19NO3S2/c1-8(2,13-3)7-9-14(11,12)6-4-5-10/h9-10H,4-7H2,1-3H3. The van der Waals surface area contributed by atoms with Gasteiger partial charge in [-0.25, -0.2) is 13.1 Å². The zero-order chi connectivity index (χ0) is 11.2. The van der Waals surface area contributed by atoms with Crippen LogP contribution in [0.1, 0.15) is 20.3 Å². The van der Waals surface area contributed by atoms with Crippen LogP contribution in [0.3, 0.4) is 0 Å². The predicted molar refractivity (Wildman–Crippen MR) is 61.1 cm³/mol. The Bertz CT molecular complexity index is 249. The molecule has 86 valence electrons. The van der Waals surface area contributed by atoms with Crippen molar-refractivity contribution in [3.63, 3.8) is 0 Å². The van der Waals surface area contributed by atoms with Crippen LogP contribution in [0.2, 0.25) is 0 Å². The number of hydrogen-bond donors (Lipinski definition) is 2. The zero-order valence-corrected chi connectivity index (χ0v) is 10.5. The average Bonchev–Trinajstić information content (AvgIpc) is 2.12. The summed E-state index contributed by atoms with van der Waals surface area (Å²) in [6, 6.07) is 0. The molecule has 0 aliphatic carbocycles. The van der Waals surface area contributed by atoms with Gasteiger partial charge in [0.15, 0.2) is 0 Å². The number of thioether (sulfide) groups is 1. The maximum Gasteiger partial charge on any atom is 0.211 e. The van der Waals surface area contributed by atoms with E-state index < -0.39 is 10.0 Å². The maximum atomic E-state index is 11.3. The van der Waals surface area contributed by atoms with Gasteiger partial charge in [-0.3, -0.25) is 0 Å². The monoisotopic (exact) mass is 241 g/mol.